The van der Waals surface area contributed by atoms with Crippen molar-refractivity contribution in [2.24, 2.45) is 0 Å². The van der Waals surface area contributed by atoms with Gasteiger partial charge in [-0.25, -0.2) is 4.98 Å². The molecule has 1 N–H and O–H groups in total. The highest BCUT2D eigenvalue weighted by Gasteiger charge is 2.14. The fraction of sp³-hybridized carbons (Fsp3) is 0.500. The van der Waals surface area contributed by atoms with Crippen LogP contribution in [0.2, 0.25) is 0 Å². The first-order valence-electron chi connectivity index (χ1n) is 7.58. The number of hydrogen-bond acceptors (Lipinski definition) is 3. The Morgan fingerprint density at radius 3 is 2.29 bits per heavy atom. The monoisotopic (exact) mass is 302 g/mol. The van der Waals surface area contributed by atoms with Gasteiger partial charge in [-0.3, -0.25) is 0 Å². The molecule has 0 amide bonds. The Morgan fingerprint density at radius 1 is 1.14 bits per heavy atom. The van der Waals surface area contributed by atoms with Gasteiger partial charge in [0.1, 0.15) is 5.01 Å². The molecule has 3 heteroatoms. The van der Waals surface area contributed by atoms with Crippen molar-refractivity contribution >= 4 is 11.3 Å². The zero-order chi connectivity index (χ0) is 15.6. The summed E-state index contributed by atoms with van der Waals surface area (Å²) in [7, 11) is 0. The van der Waals surface area contributed by atoms with Crippen molar-refractivity contribution in [3.63, 3.8) is 0 Å². The number of hydrogen-bond donors (Lipinski definition) is 1. The Morgan fingerprint density at radius 2 is 1.76 bits per heavy atom. The predicted octanol–water partition coefficient (Wildman–Crippen LogP) is 4.91. The van der Waals surface area contributed by atoms with Crippen molar-refractivity contribution in [1.82, 2.24) is 10.3 Å². The van der Waals surface area contributed by atoms with Crippen LogP contribution in [0.3, 0.4) is 0 Å². The summed E-state index contributed by atoms with van der Waals surface area (Å²) < 4.78 is 0. The molecule has 114 valence electrons. The lowest BCUT2D eigenvalue weighted by molar-refractivity contribution is 0.590. The fourth-order valence-electron chi connectivity index (χ4n) is 2.13. The second kappa shape index (κ2) is 6.29. The first kappa shape index (κ1) is 16.2. The van der Waals surface area contributed by atoms with E-state index in [1.807, 2.05) is 0 Å². The molecule has 0 bridgehead atoms. The summed E-state index contributed by atoms with van der Waals surface area (Å²) in [5, 5.41) is 4.59. The Bertz CT molecular complexity index is 589. The van der Waals surface area contributed by atoms with E-state index >= 15 is 0 Å². The second-order valence-electron chi connectivity index (χ2n) is 6.89. The standard InChI is InChI=1S/C18H26N2S/c1-12(2)19-11-16-13(3)20-17(21-16)14-7-9-15(10-8-14)18(4,5)6/h7-10,12,19H,11H2,1-6H3. The molecule has 1 heterocycles. The molecule has 0 spiro atoms. The second-order valence-corrected chi connectivity index (χ2v) is 7.97. The van der Waals surface area contributed by atoms with Crippen molar-refractivity contribution in [1.29, 1.82) is 0 Å². The molecule has 0 aliphatic carbocycles. The minimum Gasteiger partial charge on any atom is -0.310 e. The molecule has 0 saturated carbocycles. The molecule has 21 heavy (non-hydrogen) atoms. The lowest BCUT2D eigenvalue weighted by Crippen LogP contribution is -2.21. The van der Waals surface area contributed by atoms with E-state index in [2.05, 4.69) is 71.1 Å². The number of nitrogens with zero attached hydrogens (tertiary/aromatic N) is 1. The van der Waals surface area contributed by atoms with E-state index in [-0.39, 0.29) is 5.41 Å². The molecule has 2 rings (SSSR count). The van der Waals surface area contributed by atoms with E-state index in [0.717, 1.165) is 17.2 Å². The molecule has 0 atom stereocenters. The summed E-state index contributed by atoms with van der Waals surface area (Å²) >= 11 is 1.79. The minimum absolute atomic E-state index is 0.198. The van der Waals surface area contributed by atoms with Crippen LogP contribution in [0.15, 0.2) is 24.3 Å². The van der Waals surface area contributed by atoms with Crippen molar-refractivity contribution in [2.45, 2.75) is 59.5 Å². The quantitative estimate of drug-likeness (QED) is 0.867. The molecule has 0 aliphatic rings. The van der Waals surface area contributed by atoms with Gasteiger partial charge in [-0.15, -0.1) is 11.3 Å². The summed E-state index contributed by atoms with van der Waals surface area (Å²) in [4.78, 5) is 6.06. The van der Waals surface area contributed by atoms with E-state index in [1.54, 1.807) is 11.3 Å². The first-order valence-corrected chi connectivity index (χ1v) is 8.39. The van der Waals surface area contributed by atoms with Crippen LogP contribution >= 0.6 is 11.3 Å². The Labute approximate surface area is 132 Å². The fourth-order valence-corrected chi connectivity index (χ4v) is 3.14. The summed E-state index contributed by atoms with van der Waals surface area (Å²) in [5.74, 6) is 0. The third-order valence-electron chi connectivity index (χ3n) is 3.56. The predicted molar refractivity (Wildman–Crippen MR) is 93.0 cm³/mol. The van der Waals surface area contributed by atoms with E-state index in [1.165, 1.54) is 16.0 Å². The van der Waals surface area contributed by atoms with E-state index in [4.69, 9.17) is 4.98 Å². The van der Waals surface area contributed by atoms with E-state index < -0.39 is 0 Å². The van der Waals surface area contributed by atoms with Gasteiger partial charge in [0.15, 0.2) is 0 Å². The zero-order valence-electron chi connectivity index (χ0n) is 13.9. The van der Waals surface area contributed by atoms with Crippen LogP contribution in [0.4, 0.5) is 0 Å². The smallest absolute Gasteiger partial charge is 0.123 e. The van der Waals surface area contributed by atoms with E-state index in [9.17, 15) is 0 Å². The number of thiazole rings is 1. The maximum Gasteiger partial charge on any atom is 0.123 e. The van der Waals surface area contributed by atoms with Crippen molar-refractivity contribution < 1.29 is 0 Å². The van der Waals surface area contributed by atoms with Crippen molar-refractivity contribution in [3.8, 4) is 10.6 Å². The van der Waals surface area contributed by atoms with Gasteiger partial charge in [-0.2, -0.15) is 0 Å². The molecule has 0 radical (unpaired) electrons. The van der Waals surface area contributed by atoms with Gasteiger partial charge in [-0.05, 0) is 17.9 Å². The molecule has 0 fully saturated rings. The molecule has 2 aromatic rings. The van der Waals surface area contributed by atoms with Gasteiger partial charge in [0.2, 0.25) is 0 Å². The first-order chi connectivity index (χ1) is 9.77. The van der Waals surface area contributed by atoms with Gasteiger partial charge in [-0.1, -0.05) is 58.9 Å². The maximum atomic E-state index is 4.73. The summed E-state index contributed by atoms with van der Waals surface area (Å²) in [6.45, 7) is 14.1. The molecular weight excluding hydrogens is 276 g/mol. The molecule has 0 unspecified atom stereocenters. The van der Waals surface area contributed by atoms with Crippen LogP contribution in [0.1, 0.15) is 50.8 Å². The van der Waals surface area contributed by atoms with Crippen LogP contribution in [0.25, 0.3) is 10.6 Å². The largest absolute Gasteiger partial charge is 0.310 e. The van der Waals surface area contributed by atoms with Gasteiger partial charge in [0.05, 0.1) is 5.69 Å². The Hall–Kier alpha value is -1.19. The minimum atomic E-state index is 0.198. The molecule has 1 aromatic carbocycles. The number of rotatable bonds is 4. The van der Waals surface area contributed by atoms with Crippen molar-refractivity contribution in [3.05, 3.63) is 40.4 Å². The molecule has 0 aliphatic heterocycles. The average Bonchev–Trinajstić information content (AvgIpc) is 2.77. The summed E-state index contributed by atoms with van der Waals surface area (Å²) in [6, 6.07) is 9.33. The van der Waals surface area contributed by atoms with Crippen LogP contribution < -0.4 is 5.32 Å². The van der Waals surface area contributed by atoms with Gasteiger partial charge in [0, 0.05) is 23.0 Å². The third kappa shape index (κ3) is 4.14. The topological polar surface area (TPSA) is 24.9 Å². The third-order valence-corrected chi connectivity index (χ3v) is 4.77. The van der Waals surface area contributed by atoms with Crippen molar-refractivity contribution in [2.75, 3.05) is 0 Å². The van der Waals surface area contributed by atoms with Crippen LogP contribution in [-0.2, 0) is 12.0 Å². The van der Waals surface area contributed by atoms with Crippen LogP contribution in [0.5, 0.6) is 0 Å². The summed E-state index contributed by atoms with van der Waals surface area (Å²) in [6.07, 6.45) is 0. The Balaban J connectivity index is 2.20. The molecule has 1 aromatic heterocycles. The van der Waals surface area contributed by atoms with Crippen LogP contribution in [-0.4, -0.2) is 11.0 Å². The SMILES string of the molecule is Cc1nc(-c2ccc(C(C)(C)C)cc2)sc1CNC(C)C. The molecular formula is C18H26N2S. The highest BCUT2D eigenvalue weighted by atomic mass is 32.1. The molecule has 2 nitrogen and oxygen atoms in total. The average molecular weight is 302 g/mol. The van der Waals surface area contributed by atoms with Gasteiger partial charge >= 0.3 is 0 Å². The van der Waals surface area contributed by atoms with Gasteiger partial charge < -0.3 is 5.32 Å². The number of benzene rings is 1. The lowest BCUT2D eigenvalue weighted by atomic mass is 9.87. The number of aromatic nitrogens is 1. The Kier molecular flexibility index (Phi) is 4.84. The summed E-state index contributed by atoms with van der Waals surface area (Å²) in [5.41, 5.74) is 3.92. The number of aryl methyl sites for hydroxylation is 1. The number of nitrogens with one attached hydrogen (secondary N) is 1. The molecule has 0 saturated heterocycles. The highest BCUT2D eigenvalue weighted by Crippen LogP contribution is 2.30. The van der Waals surface area contributed by atoms with E-state index in [0.29, 0.717) is 6.04 Å². The highest BCUT2D eigenvalue weighted by molar-refractivity contribution is 7.15. The lowest BCUT2D eigenvalue weighted by Gasteiger charge is -2.18. The van der Waals surface area contributed by atoms with Crippen LogP contribution in [0, 0.1) is 6.92 Å². The maximum absolute atomic E-state index is 4.73. The normalized spacial score (nSPS) is 12.1. The van der Waals surface area contributed by atoms with Gasteiger partial charge in [0.25, 0.3) is 0 Å². The zero-order valence-corrected chi connectivity index (χ0v) is 14.8.